The second kappa shape index (κ2) is 10.1. The predicted octanol–water partition coefficient (Wildman–Crippen LogP) is 6.52. The van der Waals surface area contributed by atoms with Crippen molar-refractivity contribution in [2.24, 2.45) is 0 Å². The number of aliphatic hydroxyl groups excluding tert-OH is 1. The first-order valence-corrected chi connectivity index (χ1v) is 17.2. The van der Waals surface area contributed by atoms with E-state index in [1.807, 2.05) is 36.7 Å². The minimum Gasteiger partial charge on any atom is -0.416 e. The Bertz CT molecular complexity index is 1320. The highest BCUT2D eigenvalue weighted by atomic mass is 35.5. The van der Waals surface area contributed by atoms with Crippen molar-refractivity contribution in [2.45, 2.75) is 95.6 Å². The van der Waals surface area contributed by atoms with E-state index in [0.717, 1.165) is 10.4 Å². The van der Waals surface area contributed by atoms with Crippen LogP contribution in [-0.2, 0) is 25.1 Å². The maximum atomic E-state index is 11.7. The van der Waals surface area contributed by atoms with E-state index in [0.29, 0.717) is 33.6 Å². The van der Waals surface area contributed by atoms with Crippen LogP contribution in [0, 0.1) is 0 Å². The summed E-state index contributed by atoms with van der Waals surface area (Å²) >= 11 is 14.1. The van der Waals surface area contributed by atoms with E-state index in [2.05, 4.69) is 43.8 Å². The topological polar surface area (TPSA) is 87.9 Å². The molecule has 3 aromatic heterocycles. The van der Waals surface area contributed by atoms with Crippen molar-refractivity contribution in [3.05, 3.63) is 44.6 Å². The molecule has 2 saturated heterocycles. The Balaban J connectivity index is 1.41. The van der Waals surface area contributed by atoms with Crippen LogP contribution in [0.15, 0.2) is 24.7 Å². The molecular weight excluding hydrogens is 565 g/mol. The van der Waals surface area contributed by atoms with E-state index in [-0.39, 0.29) is 5.04 Å². The minimum atomic E-state index is -1.90. The first-order chi connectivity index (χ1) is 17.7. The zero-order valence-electron chi connectivity index (χ0n) is 22.7. The fourth-order valence-corrected chi connectivity index (χ4v) is 7.44. The van der Waals surface area contributed by atoms with Gasteiger partial charge in [0, 0.05) is 17.7 Å². The lowest BCUT2D eigenvalue weighted by Crippen LogP contribution is -2.41. The lowest BCUT2D eigenvalue weighted by atomic mass is 10.0. The van der Waals surface area contributed by atoms with Crippen molar-refractivity contribution in [3.8, 4) is 0 Å². The second-order valence-corrected chi connectivity index (χ2v) is 18.8. The van der Waals surface area contributed by atoms with Crippen LogP contribution in [0.2, 0.25) is 27.6 Å². The van der Waals surface area contributed by atoms with Crippen molar-refractivity contribution in [3.63, 3.8) is 0 Å². The Hall–Kier alpha value is -1.08. The van der Waals surface area contributed by atoms with E-state index in [4.69, 9.17) is 41.8 Å². The normalized spacial score (nSPS) is 26.3. The zero-order valence-corrected chi connectivity index (χ0v) is 26.0. The van der Waals surface area contributed by atoms with Gasteiger partial charge in [-0.15, -0.1) is 11.3 Å². The summed E-state index contributed by atoms with van der Waals surface area (Å²) in [5.41, 5.74) is 1.58. The molecule has 0 aliphatic carbocycles. The maximum Gasteiger partial charge on any atom is 0.191 e. The van der Waals surface area contributed by atoms with Crippen molar-refractivity contribution in [1.29, 1.82) is 0 Å². The molecule has 5 heterocycles. The van der Waals surface area contributed by atoms with Gasteiger partial charge in [-0.3, -0.25) is 0 Å². The summed E-state index contributed by atoms with van der Waals surface area (Å²) in [6.45, 7) is 15.4. The van der Waals surface area contributed by atoms with Crippen molar-refractivity contribution >= 4 is 53.9 Å². The van der Waals surface area contributed by atoms with Crippen LogP contribution < -0.4 is 0 Å². The molecule has 1 N–H and O–H groups in total. The van der Waals surface area contributed by atoms with Crippen LogP contribution in [0.3, 0.4) is 0 Å². The molecule has 0 unspecified atom stereocenters. The summed E-state index contributed by atoms with van der Waals surface area (Å²) in [6, 6.07) is 3.76. The molecule has 2 aliphatic heterocycles. The third kappa shape index (κ3) is 5.20. The molecule has 2 aliphatic rings. The molecule has 0 bridgehead atoms. The molecule has 2 fully saturated rings. The van der Waals surface area contributed by atoms with Gasteiger partial charge in [-0.2, -0.15) is 0 Å². The smallest absolute Gasteiger partial charge is 0.191 e. The fraction of sp³-hybridized carbons (Fsp3) is 0.615. The maximum absolute atomic E-state index is 11.7. The fourth-order valence-electron chi connectivity index (χ4n) is 4.87. The molecule has 38 heavy (non-hydrogen) atoms. The number of hydrogen-bond donors (Lipinski definition) is 1. The second-order valence-electron chi connectivity index (χ2n) is 11.9. The zero-order chi connectivity index (χ0) is 27.6. The van der Waals surface area contributed by atoms with Gasteiger partial charge in [0.1, 0.15) is 41.5 Å². The van der Waals surface area contributed by atoms with Gasteiger partial charge in [-0.1, -0.05) is 44.0 Å². The number of rotatable bonds is 7. The van der Waals surface area contributed by atoms with E-state index in [1.165, 1.54) is 17.7 Å². The van der Waals surface area contributed by atoms with Crippen LogP contribution in [0.5, 0.6) is 0 Å². The van der Waals surface area contributed by atoms with Crippen LogP contribution in [0.25, 0.3) is 11.0 Å². The minimum absolute atomic E-state index is 0.119. The van der Waals surface area contributed by atoms with E-state index in [9.17, 15) is 5.11 Å². The van der Waals surface area contributed by atoms with Gasteiger partial charge < -0.3 is 28.3 Å². The highest BCUT2D eigenvalue weighted by molar-refractivity contribution is 7.16. The van der Waals surface area contributed by atoms with Gasteiger partial charge in [-0.05, 0) is 56.1 Å². The Labute approximate surface area is 238 Å². The average molecular weight is 601 g/mol. The first kappa shape index (κ1) is 28.4. The molecule has 0 spiro atoms. The largest absolute Gasteiger partial charge is 0.416 e. The predicted molar refractivity (Wildman–Crippen MR) is 151 cm³/mol. The molecular formula is C26H35Cl2N3O5SSi. The lowest BCUT2D eigenvalue weighted by molar-refractivity contribution is -0.207. The van der Waals surface area contributed by atoms with Crippen LogP contribution in [-0.4, -0.2) is 58.7 Å². The van der Waals surface area contributed by atoms with Crippen LogP contribution >= 0.6 is 34.5 Å². The van der Waals surface area contributed by atoms with Crippen molar-refractivity contribution < 1.29 is 23.7 Å². The number of halogens is 2. The number of aliphatic hydroxyl groups is 1. The first-order valence-electron chi connectivity index (χ1n) is 12.8. The van der Waals surface area contributed by atoms with Crippen LogP contribution in [0.4, 0.5) is 0 Å². The summed E-state index contributed by atoms with van der Waals surface area (Å²) in [4.78, 5) is 9.24. The van der Waals surface area contributed by atoms with Gasteiger partial charge in [0.05, 0.1) is 9.72 Å². The molecule has 8 nitrogen and oxygen atoms in total. The summed E-state index contributed by atoms with van der Waals surface area (Å²) in [5, 5.41) is 12.9. The quantitative estimate of drug-likeness (QED) is 0.244. The van der Waals surface area contributed by atoms with Crippen molar-refractivity contribution in [2.75, 3.05) is 6.61 Å². The molecule has 0 amide bonds. The SMILES string of the molecule is CC1(C)O[C@H]2[C@@H](O1)[C@H](n1ccc3c(Cl)ncnc31)O[C@@H]2[C@@H](O)c1sc(Cl)cc1CCO[Si](C)(C)C(C)(C)C. The standard InChI is InChI=1S/C26H35Cl2N3O5SSi/c1-25(2,3)38(6,7)33-11-9-14-12-16(27)37-21(14)17(32)18-19-20(36-26(4,5)35-19)24(34-18)31-10-8-15-22(28)29-13-30-23(15)31/h8,10,12-13,17-20,24,32H,9,11H2,1-7H3/t17-,18-,19-,20-,24-/m1/s1. The van der Waals surface area contributed by atoms with Gasteiger partial charge in [0.2, 0.25) is 0 Å². The molecule has 12 heteroatoms. The third-order valence-electron chi connectivity index (χ3n) is 7.83. The molecule has 0 saturated carbocycles. The van der Waals surface area contributed by atoms with Gasteiger partial charge in [0.25, 0.3) is 0 Å². The highest BCUT2D eigenvalue weighted by Crippen LogP contribution is 2.48. The number of thiophene rings is 1. The van der Waals surface area contributed by atoms with Crippen LogP contribution in [0.1, 0.15) is 57.4 Å². The van der Waals surface area contributed by atoms with E-state index >= 15 is 0 Å². The van der Waals surface area contributed by atoms with E-state index in [1.54, 1.807) is 0 Å². The highest BCUT2D eigenvalue weighted by Gasteiger charge is 2.58. The Morgan fingerprint density at radius 1 is 1.21 bits per heavy atom. The van der Waals surface area contributed by atoms with Gasteiger partial charge >= 0.3 is 0 Å². The molecule has 208 valence electrons. The number of ether oxygens (including phenoxy) is 3. The van der Waals surface area contributed by atoms with Gasteiger partial charge in [-0.25, -0.2) is 9.97 Å². The van der Waals surface area contributed by atoms with Crippen molar-refractivity contribution in [1.82, 2.24) is 14.5 Å². The number of hydrogen-bond acceptors (Lipinski definition) is 8. The number of nitrogens with zero attached hydrogens (tertiary/aromatic N) is 3. The molecule has 3 aromatic rings. The average Bonchev–Trinajstić information content (AvgIpc) is 3.54. The third-order valence-corrected chi connectivity index (χ3v) is 14.0. The molecule has 5 atom stereocenters. The number of fused-ring (bicyclic) bond motifs is 2. The lowest BCUT2D eigenvalue weighted by Gasteiger charge is -2.36. The summed E-state index contributed by atoms with van der Waals surface area (Å²) < 4.78 is 27.9. The summed E-state index contributed by atoms with van der Waals surface area (Å²) in [7, 11) is -1.90. The Morgan fingerprint density at radius 2 is 1.92 bits per heavy atom. The molecule has 0 aromatic carbocycles. The van der Waals surface area contributed by atoms with E-state index < -0.39 is 44.7 Å². The number of aromatic nitrogens is 3. The van der Waals surface area contributed by atoms with Gasteiger partial charge in [0.15, 0.2) is 20.3 Å². The monoisotopic (exact) mass is 599 g/mol. The summed E-state index contributed by atoms with van der Waals surface area (Å²) in [5.74, 6) is -0.835. The molecule has 0 radical (unpaired) electrons. The molecule has 5 rings (SSSR count). The Kier molecular flexibility index (Phi) is 7.54. The summed E-state index contributed by atoms with van der Waals surface area (Å²) in [6.07, 6.45) is 0.718. The Morgan fingerprint density at radius 3 is 2.63 bits per heavy atom.